The van der Waals surface area contributed by atoms with E-state index in [-0.39, 0.29) is 17.7 Å². The van der Waals surface area contributed by atoms with Gasteiger partial charge in [0.2, 0.25) is 0 Å². The molecule has 0 radical (unpaired) electrons. The number of hydrogen-bond acceptors (Lipinski definition) is 3. The molecule has 1 aromatic carbocycles. The van der Waals surface area contributed by atoms with Crippen LogP contribution in [0, 0.1) is 0 Å². The molecule has 1 aliphatic carbocycles. The third kappa shape index (κ3) is 2.77. The van der Waals surface area contributed by atoms with Gasteiger partial charge in [0.05, 0.1) is 17.7 Å². The zero-order valence-electron chi connectivity index (χ0n) is 9.60. The van der Waals surface area contributed by atoms with Gasteiger partial charge in [-0.05, 0) is 25.0 Å². The van der Waals surface area contributed by atoms with E-state index in [4.69, 9.17) is 5.11 Å². The Morgan fingerprint density at radius 1 is 1.24 bits per heavy atom. The van der Waals surface area contributed by atoms with Crippen LogP contribution in [-0.4, -0.2) is 28.3 Å². The normalized spacial score (nSPS) is 24.3. The van der Waals surface area contributed by atoms with Gasteiger partial charge in [-0.3, -0.25) is 0 Å². The highest BCUT2D eigenvalue weighted by molar-refractivity contribution is 5.94. The summed E-state index contributed by atoms with van der Waals surface area (Å²) >= 11 is 0. The molecule has 2 unspecified atom stereocenters. The molecule has 0 aliphatic heterocycles. The van der Waals surface area contributed by atoms with Crippen LogP contribution in [0.5, 0.6) is 0 Å². The maximum Gasteiger partial charge on any atom is 0.337 e. The summed E-state index contributed by atoms with van der Waals surface area (Å²) in [6, 6.07) is 6.77. The number of aromatic carboxylic acids is 1. The van der Waals surface area contributed by atoms with Gasteiger partial charge < -0.3 is 15.5 Å². The van der Waals surface area contributed by atoms with Crippen molar-refractivity contribution in [3.63, 3.8) is 0 Å². The molecule has 0 heterocycles. The second kappa shape index (κ2) is 5.19. The van der Waals surface area contributed by atoms with Crippen LogP contribution in [0.2, 0.25) is 0 Å². The van der Waals surface area contributed by atoms with Gasteiger partial charge in [-0.1, -0.05) is 25.0 Å². The van der Waals surface area contributed by atoms with Crippen LogP contribution in [0.25, 0.3) is 0 Å². The number of para-hydroxylation sites is 1. The summed E-state index contributed by atoms with van der Waals surface area (Å²) in [6.07, 6.45) is 3.40. The van der Waals surface area contributed by atoms with Crippen LogP contribution >= 0.6 is 0 Å². The Balaban J connectivity index is 2.14. The van der Waals surface area contributed by atoms with E-state index in [0.717, 1.165) is 25.7 Å². The van der Waals surface area contributed by atoms with Gasteiger partial charge in [0, 0.05) is 5.69 Å². The lowest BCUT2D eigenvalue weighted by Crippen LogP contribution is -2.36. The molecule has 4 nitrogen and oxygen atoms in total. The van der Waals surface area contributed by atoms with Crippen molar-refractivity contribution in [2.75, 3.05) is 5.32 Å². The van der Waals surface area contributed by atoms with Gasteiger partial charge in [-0.2, -0.15) is 0 Å². The lowest BCUT2D eigenvalue weighted by molar-refractivity contribution is 0.0697. The molecule has 4 heteroatoms. The molecule has 92 valence electrons. The van der Waals surface area contributed by atoms with Crippen molar-refractivity contribution < 1.29 is 15.0 Å². The number of benzene rings is 1. The third-order valence-electron chi connectivity index (χ3n) is 3.23. The SMILES string of the molecule is O=C(O)c1ccccc1NC1CCCCC1O. The maximum absolute atomic E-state index is 11.0. The predicted molar refractivity (Wildman–Crippen MR) is 65.3 cm³/mol. The first kappa shape index (κ1) is 11.9. The standard InChI is InChI=1S/C13H17NO3/c15-12-8-4-3-7-11(12)14-10-6-2-1-5-9(10)13(16)17/h1-2,5-6,11-12,14-15H,3-4,7-8H2,(H,16,17). The summed E-state index contributed by atoms with van der Waals surface area (Å²) in [4.78, 5) is 11.0. The van der Waals surface area contributed by atoms with Crippen molar-refractivity contribution in [2.24, 2.45) is 0 Å². The molecule has 2 rings (SSSR count). The van der Waals surface area contributed by atoms with E-state index in [1.54, 1.807) is 24.3 Å². The Morgan fingerprint density at radius 2 is 1.94 bits per heavy atom. The van der Waals surface area contributed by atoms with Crippen LogP contribution in [0.4, 0.5) is 5.69 Å². The van der Waals surface area contributed by atoms with Gasteiger partial charge in [0.15, 0.2) is 0 Å². The van der Waals surface area contributed by atoms with E-state index < -0.39 is 5.97 Å². The monoisotopic (exact) mass is 235 g/mol. The van der Waals surface area contributed by atoms with Crippen LogP contribution in [0.1, 0.15) is 36.0 Å². The first-order valence-electron chi connectivity index (χ1n) is 5.95. The van der Waals surface area contributed by atoms with Crippen molar-refractivity contribution in [3.8, 4) is 0 Å². The molecule has 0 saturated heterocycles. The number of aliphatic hydroxyl groups excluding tert-OH is 1. The molecule has 0 aromatic heterocycles. The zero-order valence-corrected chi connectivity index (χ0v) is 9.60. The molecule has 1 saturated carbocycles. The highest BCUT2D eigenvalue weighted by Gasteiger charge is 2.23. The lowest BCUT2D eigenvalue weighted by atomic mass is 9.92. The molecule has 0 bridgehead atoms. The zero-order chi connectivity index (χ0) is 12.3. The molecule has 1 aromatic rings. The molecule has 0 spiro atoms. The molecule has 1 fully saturated rings. The second-order valence-corrected chi connectivity index (χ2v) is 4.45. The minimum Gasteiger partial charge on any atom is -0.478 e. The fourth-order valence-corrected chi connectivity index (χ4v) is 2.27. The Bertz CT molecular complexity index is 405. The van der Waals surface area contributed by atoms with Crippen LogP contribution in [0.15, 0.2) is 24.3 Å². The number of rotatable bonds is 3. The Kier molecular flexibility index (Phi) is 3.64. The van der Waals surface area contributed by atoms with Gasteiger partial charge in [0.25, 0.3) is 0 Å². The number of carbonyl (C=O) groups is 1. The van der Waals surface area contributed by atoms with Crippen LogP contribution in [-0.2, 0) is 0 Å². The number of nitrogens with one attached hydrogen (secondary N) is 1. The van der Waals surface area contributed by atoms with Crippen molar-refractivity contribution in [2.45, 2.75) is 37.8 Å². The molecule has 0 amide bonds. The number of carboxylic acid groups (broad SMARTS) is 1. The average molecular weight is 235 g/mol. The number of anilines is 1. The van der Waals surface area contributed by atoms with Crippen LogP contribution < -0.4 is 5.32 Å². The smallest absolute Gasteiger partial charge is 0.337 e. The highest BCUT2D eigenvalue weighted by Crippen LogP contribution is 2.24. The summed E-state index contributed by atoms with van der Waals surface area (Å²) in [6.45, 7) is 0. The number of aliphatic hydroxyl groups is 1. The minimum atomic E-state index is -0.946. The van der Waals surface area contributed by atoms with Crippen molar-refractivity contribution in [1.29, 1.82) is 0 Å². The average Bonchev–Trinajstić information content (AvgIpc) is 2.32. The van der Waals surface area contributed by atoms with E-state index in [2.05, 4.69) is 5.32 Å². The van der Waals surface area contributed by atoms with E-state index in [9.17, 15) is 9.90 Å². The number of hydrogen-bond donors (Lipinski definition) is 3. The van der Waals surface area contributed by atoms with E-state index in [1.165, 1.54) is 0 Å². The van der Waals surface area contributed by atoms with Gasteiger partial charge >= 0.3 is 5.97 Å². The van der Waals surface area contributed by atoms with Crippen LogP contribution in [0.3, 0.4) is 0 Å². The largest absolute Gasteiger partial charge is 0.478 e. The summed E-state index contributed by atoms with van der Waals surface area (Å²) in [5.74, 6) is -0.946. The van der Waals surface area contributed by atoms with E-state index in [0.29, 0.717) is 5.69 Å². The van der Waals surface area contributed by atoms with E-state index >= 15 is 0 Å². The first-order valence-corrected chi connectivity index (χ1v) is 5.95. The van der Waals surface area contributed by atoms with Crippen molar-refractivity contribution in [1.82, 2.24) is 0 Å². The minimum absolute atomic E-state index is 0.0377. The predicted octanol–water partition coefficient (Wildman–Crippen LogP) is 2.10. The summed E-state index contributed by atoms with van der Waals surface area (Å²) in [5.41, 5.74) is 0.844. The molecular formula is C13H17NO3. The molecule has 3 N–H and O–H groups in total. The molecule has 17 heavy (non-hydrogen) atoms. The Morgan fingerprint density at radius 3 is 2.65 bits per heavy atom. The lowest BCUT2D eigenvalue weighted by Gasteiger charge is -2.29. The topological polar surface area (TPSA) is 69.6 Å². The fourth-order valence-electron chi connectivity index (χ4n) is 2.27. The summed E-state index contributed by atoms with van der Waals surface area (Å²) in [7, 11) is 0. The summed E-state index contributed by atoms with van der Waals surface area (Å²) < 4.78 is 0. The first-order chi connectivity index (χ1) is 8.18. The molecular weight excluding hydrogens is 218 g/mol. The number of carboxylic acids is 1. The van der Waals surface area contributed by atoms with Gasteiger partial charge in [-0.25, -0.2) is 4.79 Å². The van der Waals surface area contributed by atoms with E-state index in [1.807, 2.05) is 0 Å². The molecule has 1 aliphatic rings. The third-order valence-corrected chi connectivity index (χ3v) is 3.23. The Labute approximate surface area is 100 Å². The quantitative estimate of drug-likeness (QED) is 0.750. The maximum atomic E-state index is 11.0. The Hall–Kier alpha value is -1.55. The van der Waals surface area contributed by atoms with Crippen molar-refractivity contribution in [3.05, 3.63) is 29.8 Å². The highest BCUT2D eigenvalue weighted by atomic mass is 16.4. The summed E-state index contributed by atoms with van der Waals surface area (Å²) in [5, 5.41) is 22.1. The van der Waals surface area contributed by atoms with Crippen molar-refractivity contribution >= 4 is 11.7 Å². The second-order valence-electron chi connectivity index (χ2n) is 4.45. The van der Waals surface area contributed by atoms with Gasteiger partial charge in [-0.15, -0.1) is 0 Å². The molecule has 2 atom stereocenters. The fraction of sp³-hybridized carbons (Fsp3) is 0.462. The van der Waals surface area contributed by atoms with Gasteiger partial charge in [0.1, 0.15) is 0 Å².